The summed E-state index contributed by atoms with van der Waals surface area (Å²) in [5.74, 6) is -0.175. The van der Waals surface area contributed by atoms with Crippen molar-refractivity contribution in [1.82, 2.24) is 15.2 Å². The lowest BCUT2D eigenvalue weighted by Crippen LogP contribution is -2.36. The van der Waals surface area contributed by atoms with Crippen LogP contribution in [-0.4, -0.2) is 54.5 Å². The van der Waals surface area contributed by atoms with Crippen molar-refractivity contribution in [3.05, 3.63) is 59.4 Å². The lowest BCUT2D eigenvalue weighted by molar-refractivity contribution is -0.141. The van der Waals surface area contributed by atoms with E-state index in [9.17, 15) is 18.0 Å². The first kappa shape index (κ1) is 23.4. The third-order valence-corrected chi connectivity index (χ3v) is 5.37. The highest BCUT2D eigenvalue weighted by Gasteiger charge is 2.32. The minimum atomic E-state index is -4.61. The van der Waals surface area contributed by atoms with Crippen LogP contribution in [0.4, 0.5) is 24.5 Å². The number of aryl methyl sites for hydroxylation is 1. The van der Waals surface area contributed by atoms with Gasteiger partial charge >= 0.3 is 6.18 Å². The number of ether oxygens (including phenoxy) is 2. The molecule has 1 aliphatic rings. The second-order valence-corrected chi connectivity index (χ2v) is 7.63. The topological polar surface area (TPSA) is 89.5 Å². The number of aromatic nitrogens is 3. The first-order chi connectivity index (χ1) is 16.3. The molecule has 0 bridgehead atoms. The van der Waals surface area contributed by atoms with E-state index >= 15 is 0 Å². The van der Waals surface area contributed by atoms with Crippen LogP contribution in [0.2, 0.25) is 0 Å². The van der Waals surface area contributed by atoms with E-state index in [1.165, 1.54) is 13.2 Å². The number of hydrogen-bond acceptors (Lipinski definition) is 7. The van der Waals surface area contributed by atoms with Crippen molar-refractivity contribution in [1.29, 1.82) is 0 Å². The Labute approximate surface area is 193 Å². The maximum Gasteiger partial charge on any atom is 0.433 e. The zero-order valence-electron chi connectivity index (χ0n) is 18.5. The molecule has 1 amide bonds. The van der Waals surface area contributed by atoms with E-state index < -0.39 is 17.8 Å². The minimum absolute atomic E-state index is 0.00621. The number of nitrogens with zero attached hydrogens (tertiary/aromatic N) is 4. The third kappa shape index (κ3) is 5.09. The molecule has 3 heterocycles. The molecule has 4 rings (SSSR count). The smallest absolute Gasteiger partial charge is 0.433 e. The number of amides is 1. The van der Waals surface area contributed by atoms with Crippen molar-refractivity contribution in [3.63, 3.8) is 0 Å². The van der Waals surface area contributed by atoms with Crippen LogP contribution < -0.4 is 15.0 Å². The second-order valence-electron chi connectivity index (χ2n) is 7.63. The Balaban J connectivity index is 1.63. The zero-order valence-corrected chi connectivity index (χ0v) is 18.5. The van der Waals surface area contributed by atoms with Gasteiger partial charge in [0.1, 0.15) is 11.4 Å². The van der Waals surface area contributed by atoms with Crippen molar-refractivity contribution in [2.45, 2.75) is 13.1 Å². The van der Waals surface area contributed by atoms with Crippen molar-refractivity contribution in [3.8, 4) is 17.1 Å². The average Bonchev–Trinajstić information content (AvgIpc) is 2.84. The van der Waals surface area contributed by atoms with E-state index in [1.54, 1.807) is 18.2 Å². The van der Waals surface area contributed by atoms with Gasteiger partial charge < -0.3 is 19.7 Å². The molecular weight excluding hydrogens is 451 g/mol. The van der Waals surface area contributed by atoms with Gasteiger partial charge in [-0.1, -0.05) is 6.07 Å². The summed E-state index contributed by atoms with van der Waals surface area (Å²) in [6.45, 7) is 4.39. The molecule has 3 aromatic rings. The van der Waals surface area contributed by atoms with Crippen LogP contribution in [0, 0.1) is 6.92 Å². The molecule has 8 nitrogen and oxygen atoms in total. The van der Waals surface area contributed by atoms with Crippen molar-refractivity contribution in [2.75, 3.05) is 43.6 Å². The fourth-order valence-electron chi connectivity index (χ4n) is 3.58. The summed E-state index contributed by atoms with van der Waals surface area (Å²) in [5, 5.41) is 11.0. The lowest BCUT2D eigenvalue weighted by Gasteiger charge is -2.29. The molecule has 1 N–H and O–H groups in total. The van der Waals surface area contributed by atoms with Crippen LogP contribution in [-0.2, 0) is 10.9 Å². The molecule has 0 saturated carbocycles. The molecule has 178 valence electrons. The number of anilines is 2. The van der Waals surface area contributed by atoms with Gasteiger partial charge in [-0.25, -0.2) is 0 Å². The molecule has 0 aliphatic carbocycles. The van der Waals surface area contributed by atoms with Gasteiger partial charge in [-0.2, -0.15) is 13.2 Å². The zero-order chi connectivity index (χ0) is 24.3. The summed E-state index contributed by atoms with van der Waals surface area (Å²) in [7, 11) is 1.52. The highest BCUT2D eigenvalue weighted by atomic mass is 19.4. The highest BCUT2D eigenvalue weighted by Crippen LogP contribution is 2.32. The SMILES string of the molecule is COc1nnc(-c2cc(C(=O)Nc3ccnc(C(F)(F)F)c3)ccc2C)cc1N1CCOCC1. The van der Waals surface area contributed by atoms with E-state index in [0.717, 1.165) is 23.5 Å². The number of benzene rings is 1. The fraction of sp³-hybridized carbons (Fsp3) is 0.304. The van der Waals surface area contributed by atoms with Crippen molar-refractivity contribution in [2.24, 2.45) is 0 Å². The van der Waals surface area contributed by atoms with Gasteiger partial charge in [0.2, 0.25) is 0 Å². The summed E-state index contributed by atoms with van der Waals surface area (Å²) >= 11 is 0. The summed E-state index contributed by atoms with van der Waals surface area (Å²) < 4.78 is 49.6. The Morgan fingerprint density at radius 1 is 1.12 bits per heavy atom. The maximum atomic E-state index is 12.9. The van der Waals surface area contributed by atoms with E-state index in [2.05, 4.69) is 25.4 Å². The molecule has 1 aromatic carbocycles. The predicted molar refractivity (Wildman–Crippen MR) is 119 cm³/mol. The third-order valence-electron chi connectivity index (χ3n) is 5.37. The van der Waals surface area contributed by atoms with E-state index in [0.29, 0.717) is 43.4 Å². The molecule has 0 unspecified atom stereocenters. The van der Waals surface area contributed by atoms with Gasteiger partial charge in [0, 0.05) is 36.1 Å². The average molecular weight is 473 g/mol. The predicted octanol–water partition coefficient (Wildman–Crippen LogP) is 3.96. The molecule has 34 heavy (non-hydrogen) atoms. The molecule has 1 saturated heterocycles. The Kier molecular flexibility index (Phi) is 6.64. The van der Waals surface area contributed by atoms with Crippen LogP contribution in [0.5, 0.6) is 5.88 Å². The molecule has 1 fully saturated rings. The van der Waals surface area contributed by atoms with Gasteiger partial charge in [0.15, 0.2) is 0 Å². The number of rotatable bonds is 5. The largest absolute Gasteiger partial charge is 0.478 e. The van der Waals surface area contributed by atoms with Crippen LogP contribution >= 0.6 is 0 Å². The Hall–Kier alpha value is -3.73. The van der Waals surface area contributed by atoms with Gasteiger partial charge in [0.05, 0.1) is 26.0 Å². The molecule has 11 heteroatoms. The molecule has 0 atom stereocenters. The molecular formula is C23H22F3N5O3. The number of morpholine rings is 1. The number of pyridine rings is 1. The van der Waals surface area contributed by atoms with E-state index in [4.69, 9.17) is 9.47 Å². The Bertz CT molecular complexity index is 1200. The maximum absolute atomic E-state index is 12.9. The number of halogens is 3. The number of methoxy groups -OCH3 is 1. The van der Waals surface area contributed by atoms with Crippen LogP contribution in [0.3, 0.4) is 0 Å². The standard InChI is InChI=1S/C23H22F3N5O3/c1-14-3-4-15(21(32)28-16-5-6-27-20(12-16)23(24,25)26)11-17(14)18-13-19(22(33-2)30-29-18)31-7-9-34-10-8-31/h3-6,11-13H,7-10H2,1-2H3,(H,27,28,32). The van der Waals surface area contributed by atoms with Crippen molar-refractivity contribution >= 4 is 17.3 Å². The van der Waals surface area contributed by atoms with E-state index in [-0.39, 0.29) is 11.3 Å². The quantitative estimate of drug-likeness (QED) is 0.600. The normalized spacial score (nSPS) is 14.1. The van der Waals surface area contributed by atoms with Gasteiger partial charge in [0.25, 0.3) is 11.8 Å². The lowest BCUT2D eigenvalue weighted by atomic mass is 10.0. The highest BCUT2D eigenvalue weighted by molar-refractivity contribution is 6.05. The van der Waals surface area contributed by atoms with Crippen molar-refractivity contribution < 1.29 is 27.4 Å². The Morgan fingerprint density at radius 3 is 2.59 bits per heavy atom. The fourth-order valence-corrected chi connectivity index (χ4v) is 3.58. The Morgan fingerprint density at radius 2 is 1.88 bits per heavy atom. The summed E-state index contributed by atoms with van der Waals surface area (Å²) in [6, 6.07) is 8.91. The molecule has 0 spiro atoms. The summed E-state index contributed by atoms with van der Waals surface area (Å²) in [6.07, 6.45) is -3.61. The number of carbonyl (C=O) groups excluding carboxylic acids is 1. The van der Waals surface area contributed by atoms with Gasteiger partial charge in [-0.15, -0.1) is 10.2 Å². The summed E-state index contributed by atoms with van der Waals surface area (Å²) in [5.41, 5.74) is 2.00. The van der Waals surface area contributed by atoms with Gasteiger partial charge in [-0.3, -0.25) is 9.78 Å². The minimum Gasteiger partial charge on any atom is -0.478 e. The molecule has 0 radical (unpaired) electrons. The van der Waals surface area contributed by atoms with Crippen LogP contribution in [0.1, 0.15) is 21.6 Å². The second kappa shape index (κ2) is 9.64. The van der Waals surface area contributed by atoms with Crippen LogP contribution in [0.25, 0.3) is 11.3 Å². The van der Waals surface area contributed by atoms with E-state index in [1.807, 2.05) is 13.0 Å². The summed E-state index contributed by atoms with van der Waals surface area (Å²) in [4.78, 5) is 18.2. The van der Waals surface area contributed by atoms with Gasteiger partial charge in [-0.05, 0) is 42.8 Å². The van der Waals surface area contributed by atoms with Crippen LogP contribution in [0.15, 0.2) is 42.6 Å². The molecule has 1 aliphatic heterocycles. The monoisotopic (exact) mass is 473 g/mol. The number of hydrogen-bond donors (Lipinski definition) is 1. The number of nitrogens with one attached hydrogen (secondary N) is 1. The number of alkyl halides is 3. The molecule has 2 aromatic heterocycles. The number of carbonyl (C=O) groups is 1. The first-order valence-corrected chi connectivity index (χ1v) is 10.5. The first-order valence-electron chi connectivity index (χ1n) is 10.5.